The van der Waals surface area contributed by atoms with Crippen LogP contribution in [-0.4, -0.2) is 34.6 Å². The van der Waals surface area contributed by atoms with E-state index in [2.05, 4.69) is 26.5 Å². The van der Waals surface area contributed by atoms with Gasteiger partial charge in [-0.15, -0.1) is 0 Å². The summed E-state index contributed by atoms with van der Waals surface area (Å²) in [6.07, 6.45) is 2.16. The van der Waals surface area contributed by atoms with Crippen molar-refractivity contribution in [2.24, 2.45) is 0 Å². The van der Waals surface area contributed by atoms with Crippen LogP contribution in [0.4, 0.5) is 0 Å². The molecule has 0 saturated carbocycles. The zero-order chi connectivity index (χ0) is 27.3. The van der Waals surface area contributed by atoms with E-state index >= 15 is 0 Å². The van der Waals surface area contributed by atoms with Gasteiger partial charge in [0.1, 0.15) is 17.0 Å². The van der Waals surface area contributed by atoms with E-state index in [0.29, 0.717) is 35.0 Å². The Morgan fingerprint density at radius 2 is 1.72 bits per heavy atom. The summed E-state index contributed by atoms with van der Waals surface area (Å²) in [6, 6.07) is 16.9. The molecule has 0 fully saturated rings. The number of nitrogens with zero attached hydrogens (tertiary/aromatic N) is 3. The van der Waals surface area contributed by atoms with E-state index in [1.54, 1.807) is 6.07 Å². The Morgan fingerprint density at radius 3 is 2.41 bits per heavy atom. The Kier molecular flexibility index (Phi) is 10.8. The normalized spacial score (nSPS) is 11.0. The minimum Gasteiger partial charge on any atom is -0.308 e. The van der Waals surface area contributed by atoms with Crippen molar-refractivity contribution in [3.8, 4) is 11.8 Å². The molecule has 2 heterocycles. The number of benzene rings is 2. The van der Waals surface area contributed by atoms with Gasteiger partial charge in [-0.05, 0) is 61.7 Å². The van der Waals surface area contributed by atoms with E-state index < -0.39 is 15.9 Å². The molecule has 0 unspecified atom stereocenters. The number of nitrogens with one attached hydrogen (secondary N) is 1. The molecule has 7 nitrogen and oxygen atoms in total. The van der Waals surface area contributed by atoms with E-state index in [0.717, 1.165) is 35.1 Å². The third-order valence-corrected chi connectivity index (χ3v) is 7.76. The summed E-state index contributed by atoms with van der Waals surface area (Å²) in [6.45, 7) is 6.04. The third kappa shape index (κ3) is 7.93. The second kappa shape index (κ2) is 13.6. The molecule has 1 amide bonds. The van der Waals surface area contributed by atoms with Crippen LogP contribution in [0.5, 0.6) is 0 Å². The van der Waals surface area contributed by atoms with Gasteiger partial charge in [0.05, 0.1) is 12.3 Å². The van der Waals surface area contributed by atoms with Gasteiger partial charge < -0.3 is 4.57 Å². The number of amides is 1. The molecule has 0 bridgehead atoms. The number of sulfonamides is 1. The summed E-state index contributed by atoms with van der Waals surface area (Å²) in [4.78, 5) is 21.9. The smallest absolute Gasteiger partial charge is 0.308 e. The summed E-state index contributed by atoms with van der Waals surface area (Å²) in [7, 11) is -3.74. The molecule has 0 atom stereocenters. The standard InChI is InChI=1S/C29H29ClN4O3S.Na/c1-4-5-9-16-38(36,37)33-29(35)26-17-20(2)27-28(32-26)34(21(3)31-27)19-24-15-14-23(18-25(24)30)13-12-22-10-7-6-8-11-22;/h6-8,10-11,14-15,17-18H,4-5,9,16,19H2,1-3H3,(H,33,35);/q;+1. The van der Waals surface area contributed by atoms with Gasteiger partial charge in [-0.25, -0.2) is 23.1 Å². The number of hydrogen-bond donors (Lipinski definition) is 1. The number of pyridine rings is 1. The zero-order valence-electron chi connectivity index (χ0n) is 22.6. The van der Waals surface area contributed by atoms with Gasteiger partial charge in [-0.1, -0.05) is 67.5 Å². The maximum atomic E-state index is 12.8. The van der Waals surface area contributed by atoms with Crippen molar-refractivity contribution in [3.63, 3.8) is 0 Å². The molecular weight excluding hydrogens is 543 g/mol. The second-order valence-corrected chi connectivity index (χ2v) is 11.4. The maximum Gasteiger partial charge on any atom is 1.00 e. The third-order valence-electron chi connectivity index (χ3n) is 6.09. The molecule has 2 aromatic heterocycles. The second-order valence-electron chi connectivity index (χ2n) is 9.12. The monoisotopic (exact) mass is 571 g/mol. The Morgan fingerprint density at radius 1 is 1.00 bits per heavy atom. The first kappa shape index (κ1) is 30.9. The van der Waals surface area contributed by atoms with E-state index in [1.165, 1.54) is 0 Å². The number of carbonyl (C=O) groups is 1. The number of rotatable bonds is 8. The Hall–Kier alpha value is -2.67. The van der Waals surface area contributed by atoms with Crippen LogP contribution in [-0.2, 0) is 16.6 Å². The summed E-state index contributed by atoms with van der Waals surface area (Å²) in [5, 5.41) is 0.551. The van der Waals surface area contributed by atoms with Crippen LogP contribution in [0.1, 0.15) is 64.8 Å². The minimum absolute atomic E-state index is 0. The number of imidazole rings is 1. The van der Waals surface area contributed by atoms with Crippen molar-refractivity contribution in [1.29, 1.82) is 0 Å². The van der Waals surface area contributed by atoms with Crippen molar-refractivity contribution >= 4 is 38.7 Å². The van der Waals surface area contributed by atoms with Crippen LogP contribution in [0.3, 0.4) is 0 Å². The Bertz CT molecular complexity index is 1660. The van der Waals surface area contributed by atoms with E-state index in [9.17, 15) is 13.2 Å². The number of carbonyl (C=O) groups excluding carboxylic acids is 1. The minimum atomic E-state index is -3.74. The SMILES string of the molecule is CCCCCS(=O)(=O)NC(=O)c1cc(C)c2nc(C)n(Cc3ccc(C#Cc4ccccc4)cc3Cl)c2n1.[Na+]. The zero-order valence-corrected chi connectivity index (χ0v) is 26.2. The number of halogens is 1. The topological polar surface area (TPSA) is 94.0 Å². The predicted molar refractivity (Wildman–Crippen MR) is 151 cm³/mol. The van der Waals surface area contributed by atoms with Crippen molar-refractivity contribution in [2.45, 2.75) is 46.6 Å². The van der Waals surface area contributed by atoms with Gasteiger partial charge in [0.15, 0.2) is 5.65 Å². The fourth-order valence-corrected chi connectivity index (χ4v) is 5.35. The molecule has 39 heavy (non-hydrogen) atoms. The van der Waals surface area contributed by atoms with Gasteiger partial charge in [0, 0.05) is 16.1 Å². The molecule has 4 rings (SSSR count). The first-order valence-corrected chi connectivity index (χ1v) is 14.4. The quantitative estimate of drug-likeness (QED) is 0.199. The number of aryl methyl sites for hydroxylation is 2. The van der Waals surface area contributed by atoms with Crippen molar-refractivity contribution < 1.29 is 42.8 Å². The van der Waals surface area contributed by atoms with Gasteiger partial charge in [-0.2, -0.15) is 0 Å². The molecular formula is C29H29ClN4NaO3S+. The Labute approximate surface area is 256 Å². The van der Waals surface area contributed by atoms with Crippen LogP contribution in [0.2, 0.25) is 5.02 Å². The molecule has 1 N–H and O–H groups in total. The number of aromatic nitrogens is 3. The molecule has 196 valence electrons. The molecule has 0 aliphatic heterocycles. The Balaban J connectivity index is 0.00000420. The number of fused-ring (bicyclic) bond motifs is 1. The van der Waals surface area contributed by atoms with Crippen molar-refractivity contribution in [2.75, 3.05) is 5.75 Å². The fourth-order valence-electron chi connectivity index (χ4n) is 4.03. The molecule has 2 aromatic carbocycles. The van der Waals surface area contributed by atoms with Crippen LogP contribution >= 0.6 is 11.6 Å². The van der Waals surface area contributed by atoms with Gasteiger partial charge >= 0.3 is 29.6 Å². The van der Waals surface area contributed by atoms with Crippen molar-refractivity contribution in [1.82, 2.24) is 19.3 Å². The van der Waals surface area contributed by atoms with Crippen LogP contribution in [0.15, 0.2) is 54.6 Å². The molecule has 4 aromatic rings. The van der Waals surface area contributed by atoms with Crippen LogP contribution in [0, 0.1) is 25.7 Å². The van der Waals surface area contributed by atoms with E-state index in [1.807, 2.05) is 73.9 Å². The predicted octanol–water partition coefficient (Wildman–Crippen LogP) is 2.40. The summed E-state index contributed by atoms with van der Waals surface area (Å²) in [5.41, 5.74) is 4.43. The first-order chi connectivity index (χ1) is 18.2. The average Bonchev–Trinajstić information content (AvgIpc) is 3.20. The first-order valence-electron chi connectivity index (χ1n) is 12.4. The average molecular weight is 572 g/mol. The molecule has 0 radical (unpaired) electrons. The molecule has 10 heteroatoms. The molecule has 0 saturated heterocycles. The largest absolute Gasteiger partial charge is 1.00 e. The van der Waals surface area contributed by atoms with Gasteiger partial charge in [0.25, 0.3) is 5.91 Å². The van der Waals surface area contributed by atoms with Gasteiger partial charge in [0.2, 0.25) is 10.0 Å². The maximum absolute atomic E-state index is 12.8. The summed E-state index contributed by atoms with van der Waals surface area (Å²) < 4.78 is 28.7. The molecule has 0 aliphatic carbocycles. The van der Waals surface area contributed by atoms with Crippen LogP contribution < -0.4 is 34.3 Å². The number of unbranched alkanes of at least 4 members (excludes halogenated alkanes) is 2. The van der Waals surface area contributed by atoms with Crippen molar-refractivity contribution in [3.05, 3.63) is 93.4 Å². The summed E-state index contributed by atoms with van der Waals surface area (Å²) >= 11 is 6.62. The van der Waals surface area contributed by atoms with Gasteiger partial charge in [-0.3, -0.25) is 4.79 Å². The van der Waals surface area contributed by atoms with E-state index in [4.69, 9.17) is 11.6 Å². The number of hydrogen-bond acceptors (Lipinski definition) is 5. The fraction of sp³-hybridized carbons (Fsp3) is 0.276. The van der Waals surface area contributed by atoms with E-state index in [-0.39, 0.29) is 41.0 Å². The molecule has 0 spiro atoms. The summed E-state index contributed by atoms with van der Waals surface area (Å²) in [5.74, 6) is 6.10. The molecule has 0 aliphatic rings. The van der Waals surface area contributed by atoms with Crippen LogP contribution in [0.25, 0.3) is 11.2 Å².